The molecule has 0 radical (unpaired) electrons. The van der Waals surface area contributed by atoms with E-state index >= 15 is 0 Å². The average molecular weight is 1170 g/mol. The van der Waals surface area contributed by atoms with Gasteiger partial charge in [-0.25, -0.2) is 0 Å². The molecule has 0 saturated heterocycles. The molecular formula is C77H144O6. The van der Waals surface area contributed by atoms with Crippen molar-refractivity contribution >= 4 is 17.9 Å². The van der Waals surface area contributed by atoms with Crippen LogP contribution in [0.25, 0.3) is 0 Å². The molecule has 0 aliphatic rings. The maximum absolute atomic E-state index is 12.9. The fourth-order valence-electron chi connectivity index (χ4n) is 11.5. The summed E-state index contributed by atoms with van der Waals surface area (Å²) in [5.74, 6) is -0.873. The molecule has 0 N–H and O–H groups in total. The fraction of sp³-hybridized carbons (Fsp3) is 0.883. The Morgan fingerprint density at radius 3 is 0.699 bits per heavy atom. The monoisotopic (exact) mass is 1170 g/mol. The Morgan fingerprint density at radius 2 is 0.434 bits per heavy atom. The van der Waals surface area contributed by atoms with Crippen LogP contribution in [-0.2, 0) is 28.6 Å². The van der Waals surface area contributed by atoms with E-state index in [-0.39, 0.29) is 31.1 Å². The molecule has 0 spiro atoms. The minimum atomic E-state index is -0.782. The van der Waals surface area contributed by atoms with Crippen LogP contribution in [0, 0.1) is 0 Å². The molecule has 488 valence electrons. The quantitative estimate of drug-likeness (QED) is 0.0261. The van der Waals surface area contributed by atoms with Gasteiger partial charge >= 0.3 is 17.9 Å². The van der Waals surface area contributed by atoms with Crippen molar-refractivity contribution in [3.05, 3.63) is 36.5 Å². The highest BCUT2D eigenvalue weighted by Gasteiger charge is 2.19. The van der Waals surface area contributed by atoms with Crippen molar-refractivity contribution < 1.29 is 28.6 Å². The van der Waals surface area contributed by atoms with Gasteiger partial charge in [0.2, 0.25) is 0 Å². The van der Waals surface area contributed by atoms with Crippen LogP contribution in [0.15, 0.2) is 36.5 Å². The summed E-state index contributed by atoms with van der Waals surface area (Å²) in [4.78, 5) is 38.4. The van der Waals surface area contributed by atoms with Crippen LogP contribution in [0.3, 0.4) is 0 Å². The lowest BCUT2D eigenvalue weighted by atomic mass is 10.0. The van der Waals surface area contributed by atoms with E-state index in [0.29, 0.717) is 19.3 Å². The summed E-state index contributed by atoms with van der Waals surface area (Å²) in [6, 6.07) is 0. The SMILES string of the molecule is CCCCC/C=C\C/C=C\CCCCCCCC(=O)OC(COC(=O)CCCCCCC/C=C\CCCCCCCC)COC(=O)CCCCCCCCCCCCCCCCCCCCCCCCCCCCCCCCCCCCC. The molecule has 1 unspecified atom stereocenters. The van der Waals surface area contributed by atoms with Gasteiger partial charge in [-0.1, -0.05) is 359 Å². The maximum atomic E-state index is 12.9. The van der Waals surface area contributed by atoms with Crippen LogP contribution in [0.1, 0.15) is 419 Å². The third-order valence-corrected chi connectivity index (χ3v) is 17.1. The first-order chi connectivity index (χ1) is 41.0. The predicted molar refractivity (Wildman–Crippen MR) is 362 cm³/mol. The number of allylic oxidation sites excluding steroid dienone is 6. The molecule has 0 fully saturated rings. The molecule has 6 heteroatoms. The van der Waals surface area contributed by atoms with Gasteiger partial charge in [-0.3, -0.25) is 14.4 Å². The highest BCUT2D eigenvalue weighted by atomic mass is 16.6. The predicted octanol–water partition coefficient (Wildman–Crippen LogP) is 25.9. The first kappa shape index (κ1) is 80.6. The van der Waals surface area contributed by atoms with E-state index < -0.39 is 6.10 Å². The van der Waals surface area contributed by atoms with Gasteiger partial charge < -0.3 is 14.2 Å². The molecule has 0 rings (SSSR count). The number of unbranched alkanes of at least 4 members (excludes halogenated alkanes) is 53. The summed E-state index contributed by atoms with van der Waals surface area (Å²) >= 11 is 0. The van der Waals surface area contributed by atoms with Crippen molar-refractivity contribution in [2.75, 3.05) is 13.2 Å². The van der Waals surface area contributed by atoms with E-state index in [1.165, 1.54) is 289 Å². The van der Waals surface area contributed by atoms with Gasteiger partial charge in [0.05, 0.1) is 0 Å². The summed E-state index contributed by atoms with van der Waals surface area (Å²) in [7, 11) is 0. The second-order valence-electron chi connectivity index (χ2n) is 25.6. The standard InChI is InChI=1S/C77H144O6/c1-4-7-10-13-16-19-22-25-28-29-30-31-32-33-34-35-36-37-38-39-40-41-42-43-44-45-46-47-50-52-55-58-61-64-67-70-76(79)82-73-74(83-77(80)71-68-65-62-59-56-53-49-27-24-21-18-15-12-9-6-3)72-81-75(78)69-66-63-60-57-54-51-48-26-23-20-17-14-11-8-5-2/h18,21,26-27,48-49,74H,4-17,19-20,22-25,28-47,50-73H2,1-3H3/b21-18-,48-26-,49-27-. The Morgan fingerprint density at radius 1 is 0.241 bits per heavy atom. The van der Waals surface area contributed by atoms with Crippen molar-refractivity contribution in [1.29, 1.82) is 0 Å². The number of ether oxygens (including phenoxy) is 3. The average Bonchev–Trinajstić information content (AvgIpc) is 3.50. The topological polar surface area (TPSA) is 78.9 Å². The Balaban J connectivity index is 4.07. The molecule has 83 heavy (non-hydrogen) atoms. The number of hydrogen-bond donors (Lipinski definition) is 0. The highest BCUT2D eigenvalue weighted by molar-refractivity contribution is 5.71. The summed E-state index contributed by atoms with van der Waals surface area (Å²) < 4.78 is 17.0. The number of carbonyl (C=O) groups excluding carboxylic acids is 3. The van der Waals surface area contributed by atoms with Gasteiger partial charge in [0.1, 0.15) is 13.2 Å². The van der Waals surface area contributed by atoms with Gasteiger partial charge in [0.25, 0.3) is 0 Å². The zero-order chi connectivity index (χ0) is 59.9. The van der Waals surface area contributed by atoms with E-state index in [1.54, 1.807) is 0 Å². The van der Waals surface area contributed by atoms with E-state index in [9.17, 15) is 14.4 Å². The van der Waals surface area contributed by atoms with Gasteiger partial charge in [-0.15, -0.1) is 0 Å². The van der Waals surface area contributed by atoms with Gasteiger partial charge in [0, 0.05) is 19.3 Å². The summed E-state index contributed by atoms with van der Waals surface area (Å²) in [6.07, 6.45) is 90.7. The summed E-state index contributed by atoms with van der Waals surface area (Å²) in [5.41, 5.74) is 0. The first-order valence-corrected chi connectivity index (χ1v) is 37.5. The van der Waals surface area contributed by atoms with Gasteiger partial charge in [0.15, 0.2) is 6.10 Å². The molecule has 0 aromatic carbocycles. The Labute approximate surface area is 518 Å². The molecule has 0 amide bonds. The molecule has 6 nitrogen and oxygen atoms in total. The van der Waals surface area contributed by atoms with Crippen LogP contribution in [0.5, 0.6) is 0 Å². The lowest BCUT2D eigenvalue weighted by Crippen LogP contribution is -2.30. The van der Waals surface area contributed by atoms with Crippen molar-refractivity contribution in [3.63, 3.8) is 0 Å². The van der Waals surface area contributed by atoms with Gasteiger partial charge in [-0.2, -0.15) is 0 Å². The van der Waals surface area contributed by atoms with Crippen LogP contribution in [-0.4, -0.2) is 37.2 Å². The minimum Gasteiger partial charge on any atom is -0.462 e. The lowest BCUT2D eigenvalue weighted by Gasteiger charge is -2.18. The molecule has 0 heterocycles. The zero-order valence-corrected chi connectivity index (χ0v) is 56.2. The number of rotatable bonds is 70. The number of esters is 3. The van der Waals surface area contributed by atoms with Gasteiger partial charge in [-0.05, 0) is 77.0 Å². The Bertz CT molecular complexity index is 1380. The lowest BCUT2D eigenvalue weighted by molar-refractivity contribution is -0.167. The van der Waals surface area contributed by atoms with Crippen LogP contribution >= 0.6 is 0 Å². The third-order valence-electron chi connectivity index (χ3n) is 17.1. The first-order valence-electron chi connectivity index (χ1n) is 37.5. The molecule has 0 bridgehead atoms. The second-order valence-corrected chi connectivity index (χ2v) is 25.6. The number of hydrogen-bond acceptors (Lipinski definition) is 6. The summed E-state index contributed by atoms with van der Waals surface area (Å²) in [6.45, 7) is 6.66. The molecular weight excluding hydrogens is 1020 g/mol. The molecule has 0 aromatic heterocycles. The van der Waals surface area contributed by atoms with Crippen LogP contribution in [0.4, 0.5) is 0 Å². The van der Waals surface area contributed by atoms with Crippen LogP contribution < -0.4 is 0 Å². The highest BCUT2D eigenvalue weighted by Crippen LogP contribution is 2.19. The second kappa shape index (κ2) is 72.1. The van der Waals surface area contributed by atoms with E-state index in [4.69, 9.17) is 14.2 Å². The molecule has 0 aromatic rings. The Hall–Kier alpha value is -2.37. The Kier molecular flexibility index (Phi) is 70.0. The number of carbonyl (C=O) groups is 3. The van der Waals surface area contributed by atoms with Crippen molar-refractivity contribution in [1.82, 2.24) is 0 Å². The largest absolute Gasteiger partial charge is 0.462 e. The van der Waals surface area contributed by atoms with E-state index in [1.807, 2.05) is 0 Å². The molecule has 0 aliphatic carbocycles. The normalized spacial score (nSPS) is 12.2. The van der Waals surface area contributed by atoms with E-state index in [2.05, 4.69) is 57.2 Å². The molecule has 0 saturated carbocycles. The summed E-state index contributed by atoms with van der Waals surface area (Å²) in [5, 5.41) is 0. The smallest absolute Gasteiger partial charge is 0.306 e. The maximum Gasteiger partial charge on any atom is 0.306 e. The van der Waals surface area contributed by atoms with Crippen molar-refractivity contribution in [2.24, 2.45) is 0 Å². The fourth-order valence-corrected chi connectivity index (χ4v) is 11.5. The van der Waals surface area contributed by atoms with E-state index in [0.717, 1.165) is 89.9 Å². The third kappa shape index (κ3) is 70.3. The molecule has 0 aliphatic heterocycles. The van der Waals surface area contributed by atoms with Crippen molar-refractivity contribution in [2.45, 2.75) is 425 Å². The van der Waals surface area contributed by atoms with Crippen LogP contribution in [0.2, 0.25) is 0 Å². The minimum absolute atomic E-state index is 0.0763. The zero-order valence-electron chi connectivity index (χ0n) is 56.2. The van der Waals surface area contributed by atoms with Crippen molar-refractivity contribution in [3.8, 4) is 0 Å². The molecule has 1 atom stereocenters.